The van der Waals surface area contributed by atoms with Crippen LogP contribution in [0.3, 0.4) is 0 Å². The Kier molecular flexibility index (Phi) is 6.62. The van der Waals surface area contributed by atoms with Crippen LogP contribution in [0, 0.1) is 0 Å². The van der Waals surface area contributed by atoms with Crippen LogP contribution in [0.5, 0.6) is 5.75 Å². The van der Waals surface area contributed by atoms with E-state index in [0.29, 0.717) is 31.5 Å². The van der Waals surface area contributed by atoms with Crippen molar-refractivity contribution < 1.29 is 24.2 Å². The molecule has 0 aliphatic carbocycles. The van der Waals surface area contributed by atoms with Crippen LogP contribution in [0.15, 0.2) is 40.4 Å². The van der Waals surface area contributed by atoms with Crippen LogP contribution < -0.4 is 15.4 Å². The number of hydrogen-bond acceptors (Lipinski definition) is 8. The van der Waals surface area contributed by atoms with Gasteiger partial charge in [0.05, 0.1) is 23.3 Å². The number of hydrogen-bond donors (Lipinski definition) is 3. The summed E-state index contributed by atoms with van der Waals surface area (Å²) in [7, 11) is 1.55. The number of amides is 2. The Bertz CT molecular complexity index is 1020. The number of carboxylic acids is 1. The number of rotatable bonds is 7. The van der Waals surface area contributed by atoms with E-state index in [2.05, 4.69) is 20.6 Å². The maximum Gasteiger partial charge on any atom is 0.303 e. The number of ether oxygens (including phenoxy) is 1. The maximum atomic E-state index is 12.2. The van der Waals surface area contributed by atoms with E-state index in [1.54, 1.807) is 25.3 Å². The third-order valence-electron chi connectivity index (χ3n) is 3.57. The smallest absolute Gasteiger partial charge is 0.303 e. The van der Waals surface area contributed by atoms with E-state index in [9.17, 15) is 14.4 Å². The normalized spacial score (nSPS) is 16.1. The summed E-state index contributed by atoms with van der Waals surface area (Å²) < 4.78 is 5.25. The van der Waals surface area contributed by atoms with Crippen molar-refractivity contribution in [1.82, 2.24) is 10.3 Å². The average molecular weight is 432 g/mol. The van der Waals surface area contributed by atoms with Crippen LogP contribution in [0.25, 0.3) is 6.08 Å². The lowest BCUT2D eigenvalue weighted by molar-refractivity contribution is -0.138. The van der Waals surface area contributed by atoms with E-state index in [-0.39, 0.29) is 18.7 Å². The first-order valence-electron chi connectivity index (χ1n) is 8.34. The minimum absolute atomic E-state index is 0.133. The van der Waals surface area contributed by atoms with Gasteiger partial charge in [0.1, 0.15) is 11.4 Å². The molecule has 9 nitrogen and oxygen atoms in total. The number of benzene rings is 1. The van der Waals surface area contributed by atoms with Crippen LogP contribution >= 0.6 is 23.1 Å². The van der Waals surface area contributed by atoms with E-state index in [0.717, 1.165) is 0 Å². The van der Waals surface area contributed by atoms with E-state index >= 15 is 0 Å². The highest BCUT2D eigenvalue weighted by atomic mass is 32.2. The lowest BCUT2D eigenvalue weighted by Gasteiger charge is -2.03. The number of thiazole rings is 1. The minimum Gasteiger partial charge on any atom is -0.494 e. The Morgan fingerprint density at radius 3 is 2.90 bits per heavy atom. The number of thioether (sulfide) groups is 1. The van der Waals surface area contributed by atoms with Gasteiger partial charge in [0.25, 0.3) is 5.91 Å². The number of carbonyl (C=O) groups is 3. The fourth-order valence-electron chi connectivity index (χ4n) is 2.25. The molecule has 150 valence electrons. The van der Waals surface area contributed by atoms with Crippen molar-refractivity contribution in [3.05, 3.63) is 40.2 Å². The number of amidine groups is 1. The van der Waals surface area contributed by atoms with Gasteiger partial charge in [-0.15, -0.1) is 0 Å². The van der Waals surface area contributed by atoms with Gasteiger partial charge in [-0.05, 0) is 30.0 Å². The molecule has 1 aliphatic heterocycles. The third kappa shape index (κ3) is 5.65. The van der Waals surface area contributed by atoms with Crippen molar-refractivity contribution in [3.63, 3.8) is 0 Å². The topological polar surface area (TPSA) is 130 Å². The number of methoxy groups -OCH3 is 1. The summed E-state index contributed by atoms with van der Waals surface area (Å²) in [6, 6.07) is 7.21. The van der Waals surface area contributed by atoms with Crippen LogP contribution in [-0.4, -0.2) is 40.2 Å². The Hall–Kier alpha value is -3.18. The third-order valence-corrected chi connectivity index (χ3v) is 5.34. The van der Waals surface area contributed by atoms with Crippen LogP contribution in [0.2, 0.25) is 0 Å². The van der Waals surface area contributed by atoms with Crippen LogP contribution in [0.1, 0.15) is 17.7 Å². The number of nitrogens with zero attached hydrogens (tertiary/aromatic N) is 2. The van der Waals surface area contributed by atoms with E-state index in [1.165, 1.54) is 29.3 Å². The fourth-order valence-corrected chi connectivity index (χ4v) is 3.93. The maximum absolute atomic E-state index is 12.2. The number of carboxylic acid groups (broad SMARTS) is 1. The first kappa shape index (κ1) is 20.6. The van der Waals surface area contributed by atoms with E-state index in [4.69, 9.17) is 9.84 Å². The number of para-hydroxylation sites is 2. The molecule has 1 aliphatic rings. The highest BCUT2D eigenvalue weighted by Crippen LogP contribution is 2.32. The van der Waals surface area contributed by atoms with E-state index in [1.807, 2.05) is 12.1 Å². The molecular weight excluding hydrogens is 416 g/mol. The second-order valence-electron chi connectivity index (χ2n) is 5.66. The van der Waals surface area contributed by atoms with Crippen molar-refractivity contribution in [2.75, 3.05) is 12.4 Å². The summed E-state index contributed by atoms with van der Waals surface area (Å²) in [6.07, 6.45) is 2.79. The summed E-state index contributed by atoms with van der Waals surface area (Å²) in [6.45, 7) is 0. The Balaban J connectivity index is 1.68. The highest BCUT2D eigenvalue weighted by Gasteiger charge is 2.24. The first-order valence-corrected chi connectivity index (χ1v) is 9.98. The zero-order chi connectivity index (χ0) is 20.8. The summed E-state index contributed by atoms with van der Waals surface area (Å²) in [4.78, 5) is 44.0. The number of nitrogens with one attached hydrogen (secondary N) is 2. The molecule has 1 fully saturated rings. The number of anilines is 1. The van der Waals surface area contributed by atoms with Crippen molar-refractivity contribution >= 4 is 62.9 Å². The summed E-state index contributed by atoms with van der Waals surface area (Å²) in [5.74, 6) is -1.16. The molecule has 0 spiro atoms. The quantitative estimate of drug-likeness (QED) is 0.574. The largest absolute Gasteiger partial charge is 0.494 e. The molecule has 29 heavy (non-hydrogen) atoms. The second-order valence-corrected chi connectivity index (χ2v) is 7.76. The van der Waals surface area contributed by atoms with Gasteiger partial charge in [-0.3, -0.25) is 14.4 Å². The van der Waals surface area contributed by atoms with Gasteiger partial charge in [0, 0.05) is 12.6 Å². The molecule has 0 bridgehead atoms. The van der Waals surface area contributed by atoms with Gasteiger partial charge in [-0.2, -0.15) is 0 Å². The minimum atomic E-state index is -1.04. The van der Waals surface area contributed by atoms with Crippen LogP contribution in [-0.2, 0) is 14.4 Å². The Morgan fingerprint density at radius 2 is 2.14 bits per heavy atom. The summed E-state index contributed by atoms with van der Waals surface area (Å²) in [5.41, 5.74) is 0.600. The molecule has 2 amide bonds. The number of carbonyl (C=O) groups excluding carboxylic acids is 2. The molecular formula is C18H16N4O5S2. The zero-order valence-electron chi connectivity index (χ0n) is 15.2. The fraction of sp³-hybridized carbons (Fsp3) is 0.167. The van der Waals surface area contributed by atoms with E-state index < -0.39 is 11.9 Å². The summed E-state index contributed by atoms with van der Waals surface area (Å²) in [5, 5.41) is 14.6. The molecule has 0 atom stereocenters. The molecule has 0 saturated carbocycles. The molecule has 3 N–H and O–H groups in total. The molecule has 2 heterocycles. The average Bonchev–Trinajstić information content (AvgIpc) is 3.27. The van der Waals surface area contributed by atoms with Gasteiger partial charge in [0.2, 0.25) is 5.91 Å². The van der Waals surface area contributed by atoms with Gasteiger partial charge in [-0.1, -0.05) is 23.5 Å². The second kappa shape index (κ2) is 9.34. The highest BCUT2D eigenvalue weighted by molar-refractivity contribution is 8.18. The van der Waals surface area contributed by atoms with Gasteiger partial charge in [-0.25, -0.2) is 9.98 Å². The first-order chi connectivity index (χ1) is 13.9. The molecule has 1 aromatic heterocycles. The van der Waals surface area contributed by atoms with Crippen molar-refractivity contribution in [1.29, 1.82) is 0 Å². The molecule has 3 rings (SSSR count). The monoisotopic (exact) mass is 432 g/mol. The molecule has 0 unspecified atom stereocenters. The predicted molar refractivity (Wildman–Crippen MR) is 111 cm³/mol. The summed E-state index contributed by atoms with van der Waals surface area (Å²) >= 11 is 2.36. The molecule has 1 aromatic carbocycles. The molecule has 1 saturated heterocycles. The van der Waals surface area contributed by atoms with Crippen LogP contribution in [0.4, 0.5) is 10.8 Å². The molecule has 11 heteroatoms. The van der Waals surface area contributed by atoms with Crippen molar-refractivity contribution in [2.45, 2.75) is 12.8 Å². The number of aliphatic imine (C=N–C) groups is 1. The lowest BCUT2D eigenvalue weighted by Crippen LogP contribution is -2.19. The number of aliphatic carboxylic acids is 1. The van der Waals surface area contributed by atoms with Gasteiger partial charge >= 0.3 is 5.97 Å². The van der Waals surface area contributed by atoms with Crippen molar-refractivity contribution in [2.24, 2.45) is 4.99 Å². The number of aromatic nitrogens is 1. The van der Waals surface area contributed by atoms with Gasteiger partial charge < -0.3 is 20.5 Å². The Morgan fingerprint density at radius 1 is 1.34 bits per heavy atom. The Labute approximate surface area is 173 Å². The standard InChI is InChI=1S/C18H16N4O5S2/c1-27-12-5-3-2-4-11(12)20-18-22-16(26)13(29-18)8-10-9-19-17(28-10)21-14(23)6-7-15(24)25/h2-5,8-9H,6-7H2,1H3,(H,24,25)(H,19,21,23)(H,20,22,26)/b13-8-. The van der Waals surface area contributed by atoms with Gasteiger partial charge in [0.15, 0.2) is 10.3 Å². The van der Waals surface area contributed by atoms with Crippen molar-refractivity contribution in [3.8, 4) is 5.75 Å². The zero-order valence-corrected chi connectivity index (χ0v) is 16.8. The SMILES string of the molecule is COc1ccccc1N=C1NC(=O)/C(=C/c2cnc(NC(=O)CCC(=O)O)s2)S1. The molecule has 0 radical (unpaired) electrons. The predicted octanol–water partition coefficient (Wildman–Crippen LogP) is 2.85. The molecule has 2 aromatic rings. The lowest BCUT2D eigenvalue weighted by atomic mass is 10.3.